The molecule has 1 aliphatic rings. The Balaban J connectivity index is 1.75. The van der Waals surface area contributed by atoms with Gasteiger partial charge in [0.1, 0.15) is 0 Å². The molecular weight excluding hydrogens is 328 g/mol. The highest BCUT2D eigenvalue weighted by molar-refractivity contribution is 7.97. The topological polar surface area (TPSA) is 105 Å². The van der Waals surface area contributed by atoms with E-state index in [1.54, 1.807) is 23.7 Å². The minimum atomic E-state index is -2.94. The van der Waals surface area contributed by atoms with Gasteiger partial charge in [-0.15, -0.1) is 0 Å². The van der Waals surface area contributed by atoms with Crippen molar-refractivity contribution in [3.63, 3.8) is 0 Å². The van der Waals surface area contributed by atoms with E-state index in [4.69, 9.17) is 4.52 Å². The molecule has 22 heavy (non-hydrogen) atoms. The van der Waals surface area contributed by atoms with Crippen LogP contribution < -0.4 is 5.32 Å². The maximum Gasteiger partial charge on any atom is 0.246 e. The van der Waals surface area contributed by atoms with Gasteiger partial charge in [0.25, 0.3) is 0 Å². The monoisotopic (exact) mass is 348 g/mol. The third-order valence-corrected chi connectivity index (χ3v) is 5.74. The first kappa shape index (κ1) is 17.2. The average molecular weight is 348 g/mol. The SMILES string of the molecule is CSCc1noc(CNC(=O)CN(C)C2CCS(=O)(=O)C2)n1. The van der Waals surface area contributed by atoms with Gasteiger partial charge in [0.05, 0.1) is 30.3 Å². The lowest BCUT2D eigenvalue weighted by Gasteiger charge is -2.21. The molecular formula is C12H20N4O4S2. The van der Waals surface area contributed by atoms with Gasteiger partial charge < -0.3 is 9.84 Å². The summed E-state index contributed by atoms with van der Waals surface area (Å²) in [5.74, 6) is 1.75. The molecule has 1 unspecified atom stereocenters. The summed E-state index contributed by atoms with van der Waals surface area (Å²) >= 11 is 1.59. The molecule has 1 fully saturated rings. The second-order valence-corrected chi connectivity index (χ2v) is 8.38. The second-order valence-electron chi connectivity index (χ2n) is 5.29. The smallest absolute Gasteiger partial charge is 0.246 e. The van der Waals surface area contributed by atoms with Crippen molar-refractivity contribution in [3.05, 3.63) is 11.7 Å². The third-order valence-electron chi connectivity index (χ3n) is 3.45. The Bertz CT molecular complexity index is 616. The van der Waals surface area contributed by atoms with Gasteiger partial charge in [-0.1, -0.05) is 5.16 Å². The Kier molecular flexibility index (Phi) is 5.81. The van der Waals surface area contributed by atoms with Gasteiger partial charge in [0.15, 0.2) is 15.7 Å². The zero-order valence-electron chi connectivity index (χ0n) is 12.6. The first-order chi connectivity index (χ1) is 10.4. The molecule has 1 N–H and O–H groups in total. The second kappa shape index (κ2) is 7.42. The van der Waals surface area contributed by atoms with E-state index >= 15 is 0 Å². The number of hydrogen-bond donors (Lipinski definition) is 1. The van der Waals surface area contributed by atoms with E-state index in [2.05, 4.69) is 15.5 Å². The van der Waals surface area contributed by atoms with Crippen LogP contribution in [0.5, 0.6) is 0 Å². The highest BCUT2D eigenvalue weighted by atomic mass is 32.2. The van der Waals surface area contributed by atoms with E-state index in [0.29, 0.717) is 23.9 Å². The number of amides is 1. The number of rotatable bonds is 7. The van der Waals surface area contributed by atoms with E-state index in [1.807, 2.05) is 6.26 Å². The number of sulfone groups is 1. The minimum absolute atomic E-state index is 0.0904. The van der Waals surface area contributed by atoms with Crippen molar-refractivity contribution >= 4 is 27.5 Å². The van der Waals surface area contributed by atoms with Crippen molar-refractivity contribution in [1.29, 1.82) is 0 Å². The number of hydrogen-bond acceptors (Lipinski definition) is 8. The number of carbonyl (C=O) groups is 1. The Hall–Kier alpha value is -1.13. The van der Waals surface area contributed by atoms with Gasteiger partial charge >= 0.3 is 0 Å². The van der Waals surface area contributed by atoms with Crippen LogP contribution in [0.2, 0.25) is 0 Å². The zero-order valence-corrected chi connectivity index (χ0v) is 14.2. The highest BCUT2D eigenvalue weighted by Crippen LogP contribution is 2.16. The predicted octanol–water partition coefficient (Wildman–Crippen LogP) is -0.332. The number of aromatic nitrogens is 2. The lowest BCUT2D eigenvalue weighted by atomic mass is 10.2. The summed E-state index contributed by atoms with van der Waals surface area (Å²) in [6, 6.07) is -0.0904. The molecule has 1 aromatic heterocycles. The number of nitrogens with zero attached hydrogens (tertiary/aromatic N) is 3. The summed E-state index contributed by atoms with van der Waals surface area (Å²) in [5, 5.41) is 6.48. The fourth-order valence-electron chi connectivity index (χ4n) is 2.26. The standard InChI is InChI=1S/C12H20N4O4S2/c1-16(9-3-4-22(18,19)8-9)6-11(17)13-5-12-14-10(7-21-2)15-20-12/h9H,3-8H2,1-2H3,(H,13,17). The van der Waals surface area contributed by atoms with Crippen LogP contribution in [0.15, 0.2) is 4.52 Å². The summed E-state index contributed by atoms with van der Waals surface area (Å²) < 4.78 is 27.9. The van der Waals surface area contributed by atoms with Crippen LogP contribution in [-0.2, 0) is 26.9 Å². The van der Waals surface area contributed by atoms with Crippen molar-refractivity contribution in [2.75, 3.05) is 31.4 Å². The Morgan fingerprint density at radius 1 is 1.55 bits per heavy atom. The van der Waals surface area contributed by atoms with E-state index in [0.717, 1.165) is 0 Å². The molecule has 0 saturated carbocycles. The highest BCUT2D eigenvalue weighted by Gasteiger charge is 2.31. The fraction of sp³-hybridized carbons (Fsp3) is 0.750. The first-order valence-corrected chi connectivity index (χ1v) is 10.1. The Morgan fingerprint density at radius 2 is 2.32 bits per heavy atom. The van der Waals surface area contributed by atoms with Crippen LogP contribution in [0.4, 0.5) is 0 Å². The maximum atomic E-state index is 11.9. The quantitative estimate of drug-likeness (QED) is 0.714. The lowest BCUT2D eigenvalue weighted by Crippen LogP contribution is -2.41. The van der Waals surface area contributed by atoms with Crippen molar-refractivity contribution < 1.29 is 17.7 Å². The van der Waals surface area contributed by atoms with Crippen LogP contribution in [0.3, 0.4) is 0 Å². The Labute approximate surface area is 133 Å². The van der Waals surface area contributed by atoms with Crippen LogP contribution in [0.25, 0.3) is 0 Å². The molecule has 10 heteroatoms. The largest absolute Gasteiger partial charge is 0.346 e. The van der Waals surface area contributed by atoms with Gasteiger partial charge in [-0.25, -0.2) is 8.42 Å². The Morgan fingerprint density at radius 3 is 2.95 bits per heavy atom. The van der Waals surface area contributed by atoms with Crippen molar-refractivity contribution in [2.24, 2.45) is 0 Å². The normalized spacial score (nSPS) is 20.4. The van der Waals surface area contributed by atoms with E-state index < -0.39 is 9.84 Å². The minimum Gasteiger partial charge on any atom is -0.346 e. The average Bonchev–Trinajstić information content (AvgIpc) is 3.03. The van der Waals surface area contributed by atoms with Crippen LogP contribution in [0, 0.1) is 0 Å². The van der Waals surface area contributed by atoms with Crippen molar-refractivity contribution in [3.8, 4) is 0 Å². The first-order valence-electron chi connectivity index (χ1n) is 6.87. The zero-order chi connectivity index (χ0) is 16.2. The van der Waals surface area contributed by atoms with Crippen LogP contribution >= 0.6 is 11.8 Å². The molecule has 0 radical (unpaired) electrons. The summed E-state index contributed by atoms with van der Waals surface area (Å²) in [7, 11) is -1.18. The third kappa shape index (κ3) is 4.96. The molecule has 1 aromatic rings. The van der Waals surface area contributed by atoms with Crippen molar-refractivity contribution in [1.82, 2.24) is 20.4 Å². The molecule has 1 atom stereocenters. The molecule has 0 aromatic carbocycles. The number of carbonyl (C=O) groups excluding carboxylic acids is 1. The summed E-state index contributed by atoms with van der Waals surface area (Å²) in [6.45, 7) is 0.322. The van der Waals surface area contributed by atoms with E-state index in [9.17, 15) is 13.2 Å². The summed E-state index contributed by atoms with van der Waals surface area (Å²) in [6.07, 6.45) is 2.52. The van der Waals surface area contributed by atoms with Gasteiger partial charge in [-0.05, 0) is 19.7 Å². The van der Waals surface area contributed by atoms with E-state index in [1.165, 1.54) is 0 Å². The maximum absolute atomic E-state index is 11.9. The molecule has 8 nitrogen and oxygen atoms in total. The van der Waals surface area contributed by atoms with Gasteiger partial charge in [0.2, 0.25) is 11.8 Å². The molecule has 1 saturated heterocycles. The van der Waals surface area contributed by atoms with Gasteiger partial charge in [0, 0.05) is 6.04 Å². The van der Waals surface area contributed by atoms with Crippen LogP contribution in [0.1, 0.15) is 18.1 Å². The summed E-state index contributed by atoms with van der Waals surface area (Å²) in [5.41, 5.74) is 0. The molecule has 0 aliphatic carbocycles. The van der Waals surface area contributed by atoms with Gasteiger partial charge in [-0.3, -0.25) is 9.69 Å². The molecule has 2 heterocycles. The number of nitrogens with one attached hydrogen (secondary N) is 1. The summed E-state index contributed by atoms with van der Waals surface area (Å²) in [4.78, 5) is 17.8. The van der Waals surface area contributed by atoms with Crippen LogP contribution in [-0.4, -0.2) is 66.8 Å². The number of thioether (sulfide) groups is 1. The van der Waals surface area contributed by atoms with Gasteiger partial charge in [-0.2, -0.15) is 16.7 Å². The number of likely N-dealkylation sites (N-methyl/N-ethyl adjacent to an activating group) is 1. The predicted molar refractivity (Wildman–Crippen MR) is 83.1 cm³/mol. The molecule has 1 aliphatic heterocycles. The molecule has 124 valence electrons. The lowest BCUT2D eigenvalue weighted by molar-refractivity contribution is -0.122. The molecule has 1 amide bonds. The molecule has 0 bridgehead atoms. The molecule has 0 spiro atoms. The molecule has 2 rings (SSSR count). The van der Waals surface area contributed by atoms with Crippen molar-refractivity contribution in [2.45, 2.75) is 24.8 Å². The fourth-order valence-corrected chi connectivity index (χ4v) is 4.44. The van der Waals surface area contributed by atoms with E-state index in [-0.39, 0.29) is 36.5 Å².